The standard InChI is InChI=1S/C19H21N5O4.2C2HF3O2/c20-16(21)11-4-6-12(7-5-11)18(25)24-15(19(26)27)8-9-28-14-3-1-2-13(10-14)17(22)23;2*3-2(4,5)1(6)7/h1-7,10,15H,8-9H2,(H3,20,21)(H3,22,23)(H,24,25)(H,26,27);2*(H,6,7)/t15-;;/m0../s1. The van der Waals surface area contributed by atoms with Crippen molar-refractivity contribution < 1.29 is 65.6 Å². The number of amides is 1. The number of carbonyl (C=O) groups excluding carboxylic acids is 1. The van der Waals surface area contributed by atoms with Gasteiger partial charge in [-0.1, -0.05) is 24.3 Å². The van der Waals surface area contributed by atoms with E-state index in [0.717, 1.165) is 0 Å². The Labute approximate surface area is 231 Å². The van der Waals surface area contributed by atoms with Crippen molar-refractivity contribution in [3.63, 3.8) is 0 Å². The fourth-order valence-electron chi connectivity index (χ4n) is 2.35. The summed E-state index contributed by atoms with van der Waals surface area (Å²) in [6, 6.07) is 11.4. The maximum atomic E-state index is 12.3. The van der Waals surface area contributed by atoms with Crippen LogP contribution in [0.15, 0.2) is 48.5 Å². The molecule has 0 aliphatic rings. The molecule has 230 valence electrons. The fraction of sp³-hybridized carbons (Fsp3) is 0.217. The number of carboxylic acid groups (broad SMARTS) is 3. The van der Waals surface area contributed by atoms with Gasteiger partial charge in [-0.2, -0.15) is 26.3 Å². The number of alkyl halides is 6. The van der Waals surface area contributed by atoms with Crippen LogP contribution >= 0.6 is 0 Å². The second kappa shape index (κ2) is 16.0. The van der Waals surface area contributed by atoms with Crippen LogP contribution in [0.2, 0.25) is 0 Å². The number of carbonyl (C=O) groups is 4. The number of benzene rings is 2. The SMILES string of the molecule is N=C(N)c1ccc(C(=O)N[C@@H](CCOc2cccc(C(=N)N)c2)C(=O)O)cc1.O=C(O)C(F)(F)F.O=C(O)C(F)(F)F. The Morgan fingerprint density at radius 1 is 0.786 bits per heavy atom. The summed E-state index contributed by atoms with van der Waals surface area (Å²) in [4.78, 5) is 41.5. The minimum atomic E-state index is -5.08. The van der Waals surface area contributed by atoms with Crippen LogP contribution in [-0.2, 0) is 14.4 Å². The number of nitrogens with two attached hydrogens (primary N) is 2. The number of halogens is 6. The van der Waals surface area contributed by atoms with Gasteiger partial charge >= 0.3 is 30.3 Å². The molecule has 19 heteroatoms. The smallest absolute Gasteiger partial charge is 0.490 e. The largest absolute Gasteiger partial charge is 0.493 e. The second-order valence-electron chi connectivity index (χ2n) is 7.54. The van der Waals surface area contributed by atoms with E-state index < -0.39 is 42.2 Å². The van der Waals surface area contributed by atoms with Crippen LogP contribution in [0.3, 0.4) is 0 Å². The number of rotatable bonds is 9. The molecule has 0 aliphatic carbocycles. The summed E-state index contributed by atoms with van der Waals surface area (Å²) in [7, 11) is 0. The van der Waals surface area contributed by atoms with Gasteiger partial charge in [0.15, 0.2) is 0 Å². The summed E-state index contributed by atoms with van der Waals surface area (Å²) in [6.07, 6.45) is -10.1. The lowest BCUT2D eigenvalue weighted by atomic mass is 10.1. The highest BCUT2D eigenvalue weighted by Gasteiger charge is 2.38. The lowest BCUT2D eigenvalue weighted by molar-refractivity contribution is -0.193. The summed E-state index contributed by atoms with van der Waals surface area (Å²) in [5.41, 5.74) is 12.0. The van der Waals surface area contributed by atoms with Crippen LogP contribution in [-0.4, -0.2) is 75.8 Å². The van der Waals surface area contributed by atoms with E-state index in [9.17, 15) is 41.0 Å². The first-order chi connectivity index (χ1) is 19.2. The van der Waals surface area contributed by atoms with Crippen molar-refractivity contribution in [2.75, 3.05) is 6.61 Å². The van der Waals surface area contributed by atoms with Crippen molar-refractivity contribution in [2.24, 2.45) is 11.5 Å². The average molecular weight is 611 g/mol. The fourth-order valence-corrected chi connectivity index (χ4v) is 2.35. The van der Waals surface area contributed by atoms with Gasteiger partial charge in [-0.3, -0.25) is 15.6 Å². The Morgan fingerprint density at radius 2 is 1.21 bits per heavy atom. The molecular weight excluding hydrogens is 588 g/mol. The molecule has 0 radical (unpaired) electrons. The highest BCUT2D eigenvalue weighted by atomic mass is 19.4. The Hall–Kier alpha value is -5.36. The van der Waals surface area contributed by atoms with Crippen molar-refractivity contribution in [1.29, 1.82) is 10.8 Å². The van der Waals surface area contributed by atoms with Gasteiger partial charge in [0.25, 0.3) is 5.91 Å². The lowest BCUT2D eigenvalue weighted by Gasteiger charge is -2.15. The van der Waals surface area contributed by atoms with Crippen molar-refractivity contribution in [3.8, 4) is 5.75 Å². The van der Waals surface area contributed by atoms with Crippen LogP contribution in [0.4, 0.5) is 26.3 Å². The third kappa shape index (κ3) is 14.1. The van der Waals surface area contributed by atoms with E-state index in [4.69, 9.17) is 46.8 Å². The van der Waals surface area contributed by atoms with Crippen LogP contribution in [0, 0.1) is 10.8 Å². The molecule has 0 bridgehead atoms. The molecule has 0 saturated heterocycles. The van der Waals surface area contributed by atoms with Gasteiger partial charge in [0, 0.05) is 23.1 Å². The molecular formula is C23H23F6N5O8. The molecule has 13 nitrogen and oxygen atoms in total. The van der Waals surface area contributed by atoms with Gasteiger partial charge in [0.2, 0.25) is 0 Å². The first-order valence-electron chi connectivity index (χ1n) is 10.8. The summed E-state index contributed by atoms with van der Waals surface area (Å²) in [6.45, 7) is 0.0435. The van der Waals surface area contributed by atoms with Crippen molar-refractivity contribution in [2.45, 2.75) is 24.8 Å². The second-order valence-corrected chi connectivity index (χ2v) is 7.54. The maximum absolute atomic E-state index is 12.3. The predicted octanol–water partition coefficient (Wildman–Crippen LogP) is 2.17. The number of amidine groups is 2. The summed E-state index contributed by atoms with van der Waals surface area (Å²) >= 11 is 0. The molecule has 2 aromatic rings. The zero-order valence-corrected chi connectivity index (χ0v) is 20.9. The van der Waals surface area contributed by atoms with E-state index in [2.05, 4.69) is 5.32 Å². The molecule has 42 heavy (non-hydrogen) atoms. The normalized spacial score (nSPS) is 11.3. The van der Waals surface area contributed by atoms with Gasteiger partial charge in [-0.25, -0.2) is 14.4 Å². The number of nitrogens with one attached hydrogen (secondary N) is 3. The zero-order chi connectivity index (χ0) is 32.8. The minimum absolute atomic E-state index is 0.0386. The molecule has 0 heterocycles. The van der Waals surface area contributed by atoms with E-state index >= 15 is 0 Å². The first kappa shape index (κ1) is 36.6. The van der Waals surface area contributed by atoms with Gasteiger partial charge < -0.3 is 36.8 Å². The number of nitrogen functional groups attached to an aromatic ring is 2. The zero-order valence-electron chi connectivity index (χ0n) is 20.9. The number of hydrogen-bond donors (Lipinski definition) is 8. The molecule has 0 spiro atoms. The Morgan fingerprint density at radius 3 is 1.60 bits per heavy atom. The molecule has 0 aromatic heterocycles. The van der Waals surface area contributed by atoms with Crippen LogP contribution in [0.5, 0.6) is 5.75 Å². The first-order valence-corrected chi connectivity index (χ1v) is 10.8. The van der Waals surface area contributed by atoms with Crippen LogP contribution in [0.25, 0.3) is 0 Å². The van der Waals surface area contributed by atoms with E-state index in [1.165, 1.54) is 24.3 Å². The summed E-state index contributed by atoms with van der Waals surface area (Å²) < 4.78 is 69.0. The van der Waals surface area contributed by atoms with Crippen molar-refractivity contribution in [1.82, 2.24) is 5.32 Å². The lowest BCUT2D eigenvalue weighted by Crippen LogP contribution is -2.41. The third-order valence-corrected chi connectivity index (χ3v) is 4.37. The molecule has 1 atom stereocenters. The predicted molar refractivity (Wildman–Crippen MR) is 131 cm³/mol. The number of aliphatic carboxylic acids is 3. The Kier molecular flexibility index (Phi) is 14.0. The summed E-state index contributed by atoms with van der Waals surface area (Å²) in [5, 5.41) is 40.8. The Bertz CT molecular complexity index is 1260. The van der Waals surface area contributed by atoms with Gasteiger partial charge in [0.1, 0.15) is 23.5 Å². The molecule has 1 amide bonds. The number of hydrogen-bond acceptors (Lipinski definition) is 7. The highest BCUT2D eigenvalue weighted by molar-refractivity contribution is 5.99. The minimum Gasteiger partial charge on any atom is -0.493 e. The molecule has 0 saturated carbocycles. The monoisotopic (exact) mass is 611 g/mol. The highest BCUT2D eigenvalue weighted by Crippen LogP contribution is 2.15. The average Bonchev–Trinajstić information content (AvgIpc) is 2.87. The van der Waals surface area contributed by atoms with Crippen LogP contribution < -0.4 is 21.5 Å². The molecule has 0 aliphatic heterocycles. The van der Waals surface area contributed by atoms with Gasteiger partial charge in [-0.15, -0.1) is 0 Å². The Balaban J connectivity index is 0.000000990. The molecule has 0 unspecified atom stereocenters. The topological polar surface area (TPSA) is 250 Å². The summed E-state index contributed by atoms with van der Waals surface area (Å²) in [5.74, 6) is -7.03. The molecule has 2 rings (SSSR count). The quantitative estimate of drug-likeness (QED) is 0.117. The van der Waals surface area contributed by atoms with E-state index in [1.54, 1.807) is 24.3 Å². The van der Waals surface area contributed by atoms with Crippen LogP contribution in [0.1, 0.15) is 27.9 Å². The van der Waals surface area contributed by atoms with E-state index in [-0.39, 0.29) is 30.3 Å². The molecule has 2 aromatic carbocycles. The number of carboxylic acids is 3. The van der Waals surface area contributed by atoms with Gasteiger partial charge in [-0.05, 0) is 24.3 Å². The third-order valence-electron chi connectivity index (χ3n) is 4.37. The van der Waals surface area contributed by atoms with Gasteiger partial charge in [0.05, 0.1) is 6.61 Å². The maximum Gasteiger partial charge on any atom is 0.490 e. The molecule has 10 N–H and O–H groups in total. The molecule has 0 fully saturated rings. The van der Waals surface area contributed by atoms with Crippen molar-refractivity contribution in [3.05, 3.63) is 65.2 Å². The van der Waals surface area contributed by atoms with E-state index in [0.29, 0.717) is 16.9 Å². The number of ether oxygens (including phenoxy) is 1. The van der Waals surface area contributed by atoms with E-state index in [1.807, 2.05) is 0 Å². The van der Waals surface area contributed by atoms with Crippen molar-refractivity contribution >= 4 is 35.5 Å².